The number of rotatable bonds is 20. The summed E-state index contributed by atoms with van der Waals surface area (Å²) in [5.74, 6) is -1.64. The van der Waals surface area contributed by atoms with Crippen molar-refractivity contribution in [2.45, 2.75) is 139 Å². The summed E-state index contributed by atoms with van der Waals surface area (Å²) in [5.41, 5.74) is 3.49. The molecule has 0 amide bonds. The lowest BCUT2D eigenvalue weighted by Gasteiger charge is -2.44. The first-order valence-corrected chi connectivity index (χ1v) is 17.1. The van der Waals surface area contributed by atoms with Gasteiger partial charge in [0.2, 0.25) is 0 Å². The first kappa shape index (κ1) is 41.9. The largest absolute Gasteiger partial charge is 0.481 e. The standard InChI is InChI=1S/C39H62N2O6/c1-12-40-33(36(46)38(8,9)39(10,11)41-32(30(5)42)20-22-34(43)44)21-23-35(45)47-26-24-28(3)16-13-15-27(2)18-19-31-29(4)17-14-25-37(31,6)7/h13,15-16,18-19,24,32-33,40-41H,12,14,17,20-23,25-26H2,1-11H3,(H,43,44)/b16-13+,19-18+,27-15+,28-24+. The second kappa shape index (κ2) is 19.0. The van der Waals surface area contributed by atoms with Crippen LogP contribution in [0.1, 0.15) is 121 Å². The van der Waals surface area contributed by atoms with E-state index in [9.17, 15) is 19.2 Å². The molecule has 47 heavy (non-hydrogen) atoms. The summed E-state index contributed by atoms with van der Waals surface area (Å²) in [4.78, 5) is 49.7. The molecule has 8 nitrogen and oxygen atoms in total. The van der Waals surface area contributed by atoms with Crippen molar-refractivity contribution in [3.63, 3.8) is 0 Å². The lowest BCUT2D eigenvalue weighted by molar-refractivity contribution is -0.143. The van der Waals surface area contributed by atoms with Crippen molar-refractivity contribution in [2.24, 2.45) is 10.8 Å². The van der Waals surface area contributed by atoms with Crippen LogP contribution < -0.4 is 10.6 Å². The number of ether oxygens (including phenoxy) is 1. The monoisotopic (exact) mass is 654 g/mol. The summed E-state index contributed by atoms with van der Waals surface area (Å²) in [6.07, 6.45) is 16.3. The molecule has 264 valence electrons. The van der Waals surface area contributed by atoms with Gasteiger partial charge in [-0.25, -0.2) is 0 Å². The number of ketones is 2. The third-order valence-corrected chi connectivity index (χ3v) is 9.68. The maximum atomic E-state index is 13.8. The minimum Gasteiger partial charge on any atom is -0.481 e. The quantitative estimate of drug-likeness (QED) is 0.0906. The number of carboxylic acid groups (broad SMARTS) is 1. The predicted molar refractivity (Wildman–Crippen MR) is 191 cm³/mol. The Hall–Kier alpha value is -3.10. The number of hydrogen-bond acceptors (Lipinski definition) is 7. The average molecular weight is 655 g/mol. The highest BCUT2D eigenvalue weighted by molar-refractivity contribution is 5.91. The van der Waals surface area contributed by atoms with Crippen molar-refractivity contribution in [1.82, 2.24) is 10.6 Å². The first-order chi connectivity index (χ1) is 21.7. The molecule has 8 heteroatoms. The van der Waals surface area contributed by atoms with Crippen LogP contribution in [0.15, 0.2) is 58.7 Å². The van der Waals surface area contributed by atoms with Crippen molar-refractivity contribution in [3.05, 3.63) is 58.7 Å². The van der Waals surface area contributed by atoms with E-state index >= 15 is 0 Å². The van der Waals surface area contributed by atoms with E-state index in [0.29, 0.717) is 6.54 Å². The molecule has 1 rings (SSSR count). The van der Waals surface area contributed by atoms with Gasteiger partial charge in [-0.3, -0.25) is 19.2 Å². The van der Waals surface area contributed by atoms with Gasteiger partial charge in [-0.1, -0.05) is 81.7 Å². The van der Waals surface area contributed by atoms with Gasteiger partial charge in [0.05, 0.1) is 12.1 Å². The van der Waals surface area contributed by atoms with Crippen molar-refractivity contribution in [3.8, 4) is 0 Å². The molecule has 0 bridgehead atoms. The summed E-state index contributed by atoms with van der Waals surface area (Å²) < 4.78 is 5.44. The first-order valence-electron chi connectivity index (χ1n) is 17.1. The van der Waals surface area contributed by atoms with E-state index in [0.717, 1.165) is 11.1 Å². The molecule has 1 aliphatic carbocycles. The van der Waals surface area contributed by atoms with Gasteiger partial charge in [-0.15, -0.1) is 0 Å². The number of likely N-dealkylation sites (N-methyl/N-ethyl adjacent to an activating group) is 1. The van der Waals surface area contributed by atoms with Crippen LogP contribution >= 0.6 is 0 Å². The van der Waals surface area contributed by atoms with Gasteiger partial charge in [0.25, 0.3) is 0 Å². The van der Waals surface area contributed by atoms with E-state index in [1.54, 1.807) is 0 Å². The molecule has 0 fully saturated rings. The maximum Gasteiger partial charge on any atom is 0.306 e. The van der Waals surface area contributed by atoms with Gasteiger partial charge in [-0.05, 0) is 97.3 Å². The molecule has 0 aliphatic heterocycles. The second-order valence-corrected chi connectivity index (χ2v) is 14.7. The maximum absolute atomic E-state index is 13.8. The molecule has 2 atom stereocenters. The Morgan fingerprint density at radius 2 is 1.62 bits per heavy atom. The molecular formula is C39H62N2O6. The zero-order valence-corrected chi connectivity index (χ0v) is 31.0. The van der Waals surface area contributed by atoms with Crippen molar-refractivity contribution >= 4 is 23.5 Å². The van der Waals surface area contributed by atoms with Crippen LogP contribution in [0.25, 0.3) is 0 Å². The van der Waals surface area contributed by atoms with E-state index in [4.69, 9.17) is 9.84 Å². The smallest absolute Gasteiger partial charge is 0.306 e. The zero-order valence-electron chi connectivity index (χ0n) is 31.0. The van der Waals surface area contributed by atoms with E-state index in [1.807, 2.05) is 59.8 Å². The number of aliphatic carboxylic acids is 1. The van der Waals surface area contributed by atoms with Crippen LogP contribution in [-0.4, -0.2) is 59.4 Å². The normalized spacial score (nSPS) is 17.7. The van der Waals surface area contributed by atoms with E-state index in [2.05, 4.69) is 56.6 Å². The molecule has 0 aromatic rings. The topological polar surface area (TPSA) is 122 Å². The molecule has 0 saturated carbocycles. The zero-order chi connectivity index (χ0) is 36.0. The number of Topliss-reactive ketones (excluding diaryl/α,β-unsaturated/α-hetero) is 2. The fraction of sp³-hybridized carbons (Fsp3) is 0.641. The molecule has 0 aromatic carbocycles. The molecule has 0 heterocycles. The Kier molecular flexibility index (Phi) is 17.0. The summed E-state index contributed by atoms with van der Waals surface area (Å²) >= 11 is 0. The second-order valence-electron chi connectivity index (χ2n) is 14.7. The Morgan fingerprint density at radius 3 is 2.19 bits per heavy atom. The molecule has 1 aliphatic rings. The average Bonchev–Trinajstić information content (AvgIpc) is 2.96. The lowest BCUT2D eigenvalue weighted by Crippen LogP contribution is -2.62. The minimum absolute atomic E-state index is 0.0751. The van der Waals surface area contributed by atoms with Crippen LogP contribution in [0.2, 0.25) is 0 Å². The number of nitrogens with one attached hydrogen (secondary N) is 2. The van der Waals surface area contributed by atoms with Crippen LogP contribution in [0.4, 0.5) is 0 Å². The third kappa shape index (κ3) is 13.9. The van der Waals surface area contributed by atoms with E-state index in [1.165, 1.54) is 37.3 Å². The predicted octanol–water partition coefficient (Wildman–Crippen LogP) is 7.61. The van der Waals surface area contributed by atoms with E-state index < -0.39 is 29.0 Å². The Balaban J connectivity index is 2.74. The minimum atomic E-state index is -0.981. The third-order valence-electron chi connectivity index (χ3n) is 9.68. The molecule has 2 unspecified atom stereocenters. The highest BCUT2D eigenvalue weighted by atomic mass is 16.5. The number of carbonyl (C=O) groups is 4. The van der Waals surface area contributed by atoms with Gasteiger partial charge in [0.1, 0.15) is 12.4 Å². The highest BCUT2D eigenvalue weighted by Crippen LogP contribution is 2.41. The molecule has 0 spiro atoms. The fourth-order valence-electron chi connectivity index (χ4n) is 5.88. The van der Waals surface area contributed by atoms with Crippen molar-refractivity contribution in [1.29, 1.82) is 0 Å². The molecule has 0 radical (unpaired) electrons. The van der Waals surface area contributed by atoms with Crippen LogP contribution in [-0.2, 0) is 23.9 Å². The van der Waals surface area contributed by atoms with Gasteiger partial charge in [0, 0.05) is 23.8 Å². The number of esters is 1. The summed E-state index contributed by atoms with van der Waals surface area (Å²) in [7, 11) is 0. The highest BCUT2D eigenvalue weighted by Gasteiger charge is 2.46. The molecular weight excluding hydrogens is 592 g/mol. The summed E-state index contributed by atoms with van der Waals surface area (Å²) in [6.45, 7) is 22.2. The number of allylic oxidation sites excluding steroid dienone is 9. The van der Waals surface area contributed by atoms with Gasteiger partial charge >= 0.3 is 11.9 Å². The van der Waals surface area contributed by atoms with Crippen molar-refractivity contribution < 1.29 is 29.0 Å². The van der Waals surface area contributed by atoms with Gasteiger partial charge in [0.15, 0.2) is 5.78 Å². The lowest BCUT2D eigenvalue weighted by atomic mass is 9.68. The van der Waals surface area contributed by atoms with Crippen LogP contribution in [0.5, 0.6) is 0 Å². The molecule has 3 N–H and O–H groups in total. The Bertz CT molecular complexity index is 1260. The number of carboxylic acids is 1. The van der Waals surface area contributed by atoms with Crippen LogP contribution in [0.3, 0.4) is 0 Å². The Morgan fingerprint density at radius 1 is 0.979 bits per heavy atom. The van der Waals surface area contributed by atoms with Gasteiger partial charge < -0.3 is 20.5 Å². The Labute approximate surface area is 284 Å². The molecule has 0 saturated heterocycles. The SMILES string of the molecule is CCNC(CCC(=O)OC/C=C(C)/C=C/C=C(C)/C=C/C1=C(C)CCCC1(C)C)C(=O)C(C)(C)C(C)(C)NC(CCC(=O)O)C(C)=O. The fourth-order valence-corrected chi connectivity index (χ4v) is 5.88. The molecule has 0 aromatic heterocycles. The van der Waals surface area contributed by atoms with Crippen molar-refractivity contribution in [2.75, 3.05) is 13.2 Å². The summed E-state index contributed by atoms with van der Waals surface area (Å²) in [6, 6.07) is -1.28. The number of hydrogen-bond donors (Lipinski definition) is 3. The van der Waals surface area contributed by atoms with Crippen LogP contribution in [0, 0.1) is 10.8 Å². The van der Waals surface area contributed by atoms with E-state index in [-0.39, 0.29) is 55.2 Å². The summed E-state index contributed by atoms with van der Waals surface area (Å²) in [5, 5.41) is 15.5. The number of carbonyl (C=O) groups excluding carboxylic acids is 3. The van der Waals surface area contributed by atoms with Gasteiger partial charge in [-0.2, -0.15) is 0 Å².